The standard InChI is InChI=1S/C22H29N6O4P/c1-3-28(27-23-2)12-18(31-14-30)11-24-16-5-6-19(22(33)8-16)15-4-7-20(25-10-15)21-9-17(13-29)32-26-21/h4-8,10,14,17-18,24,29H,3,9,11-13,33H2,1-2H3. The summed E-state index contributed by atoms with van der Waals surface area (Å²) in [4.78, 5) is 20.6. The third-order valence-electron chi connectivity index (χ3n) is 5.14. The van der Waals surface area contributed by atoms with Crippen molar-refractivity contribution in [1.29, 1.82) is 0 Å². The van der Waals surface area contributed by atoms with Gasteiger partial charge < -0.3 is 20.0 Å². The molecule has 1 aliphatic rings. The van der Waals surface area contributed by atoms with Crippen LogP contribution in [0.2, 0.25) is 0 Å². The summed E-state index contributed by atoms with van der Waals surface area (Å²) in [6.45, 7) is 3.89. The highest BCUT2D eigenvalue weighted by Crippen LogP contribution is 2.23. The fraction of sp³-hybridized carbons (Fsp3) is 0.409. The molecule has 0 saturated heterocycles. The number of nitrogens with zero attached hydrogens (tertiary/aromatic N) is 5. The number of oxime groups is 1. The van der Waals surface area contributed by atoms with Gasteiger partial charge in [0.2, 0.25) is 0 Å². The number of anilines is 1. The number of aromatic nitrogens is 1. The Morgan fingerprint density at radius 3 is 2.88 bits per heavy atom. The van der Waals surface area contributed by atoms with Gasteiger partial charge in [-0.2, -0.15) is 5.11 Å². The quantitative estimate of drug-likeness (QED) is 0.210. The third-order valence-corrected chi connectivity index (χ3v) is 5.61. The van der Waals surface area contributed by atoms with Crippen molar-refractivity contribution in [3.63, 3.8) is 0 Å². The van der Waals surface area contributed by atoms with Gasteiger partial charge in [-0.05, 0) is 36.0 Å². The van der Waals surface area contributed by atoms with Gasteiger partial charge in [-0.25, -0.2) is 0 Å². The third kappa shape index (κ3) is 6.69. The van der Waals surface area contributed by atoms with Crippen LogP contribution in [0.4, 0.5) is 5.69 Å². The monoisotopic (exact) mass is 472 g/mol. The van der Waals surface area contributed by atoms with E-state index < -0.39 is 0 Å². The molecular formula is C22H29N6O4P. The predicted molar refractivity (Wildman–Crippen MR) is 130 cm³/mol. The Hall–Kier alpha value is -3.10. The van der Waals surface area contributed by atoms with E-state index in [1.165, 1.54) is 0 Å². The first-order valence-electron chi connectivity index (χ1n) is 10.6. The molecular weight excluding hydrogens is 443 g/mol. The second kappa shape index (κ2) is 12.2. The molecule has 0 bridgehead atoms. The van der Waals surface area contributed by atoms with Crippen molar-refractivity contribution >= 4 is 32.4 Å². The summed E-state index contributed by atoms with van der Waals surface area (Å²) in [6, 6.07) is 9.89. The van der Waals surface area contributed by atoms with E-state index in [9.17, 15) is 9.90 Å². The average molecular weight is 472 g/mol. The van der Waals surface area contributed by atoms with Crippen molar-refractivity contribution in [3.05, 3.63) is 42.2 Å². The first kappa shape index (κ1) is 24.5. The van der Waals surface area contributed by atoms with Crippen molar-refractivity contribution in [2.24, 2.45) is 15.5 Å². The molecule has 2 heterocycles. The maximum atomic E-state index is 10.9. The van der Waals surface area contributed by atoms with Crippen LogP contribution in [0.3, 0.4) is 0 Å². The van der Waals surface area contributed by atoms with Gasteiger partial charge >= 0.3 is 0 Å². The minimum atomic E-state index is -0.370. The number of aliphatic hydroxyl groups is 1. The number of likely N-dealkylation sites (N-methyl/N-ethyl adjacent to an activating group) is 1. The van der Waals surface area contributed by atoms with Crippen molar-refractivity contribution < 1.29 is 19.5 Å². The van der Waals surface area contributed by atoms with Crippen molar-refractivity contribution in [1.82, 2.24) is 9.99 Å². The van der Waals surface area contributed by atoms with Gasteiger partial charge in [0.05, 0.1) is 32.4 Å². The molecule has 3 rings (SSSR count). The molecule has 0 amide bonds. The smallest absolute Gasteiger partial charge is 0.293 e. The lowest BCUT2D eigenvalue weighted by molar-refractivity contribution is -0.133. The topological polar surface area (TPSA) is 121 Å². The molecule has 10 nitrogen and oxygen atoms in total. The van der Waals surface area contributed by atoms with Crippen LogP contribution in [0.5, 0.6) is 0 Å². The maximum absolute atomic E-state index is 10.9. The van der Waals surface area contributed by atoms with Crippen LogP contribution < -0.4 is 10.6 Å². The van der Waals surface area contributed by atoms with E-state index in [1.807, 2.05) is 37.3 Å². The first-order chi connectivity index (χ1) is 16.1. The normalized spacial score (nSPS) is 16.2. The summed E-state index contributed by atoms with van der Waals surface area (Å²) in [7, 11) is 4.35. The SMILES string of the molecule is CCN(CC(CNc1ccc(-c2ccc(C3=NOC(CO)C3)nc2)c(P)c1)OC=O)N=NC. The predicted octanol–water partition coefficient (Wildman–Crippen LogP) is 2.01. The molecule has 11 heteroatoms. The van der Waals surface area contributed by atoms with Gasteiger partial charge in [-0.15, -0.1) is 9.24 Å². The van der Waals surface area contributed by atoms with Gasteiger partial charge in [-0.3, -0.25) is 14.8 Å². The molecule has 2 N–H and O–H groups in total. The van der Waals surface area contributed by atoms with E-state index in [2.05, 4.69) is 35.0 Å². The van der Waals surface area contributed by atoms with Crippen molar-refractivity contribution in [3.8, 4) is 11.1 Å². The Balaban J connectivity index is 1.64. The van der Waals surface area contributed by atoms with E-state index in [0.717, 1.165) is 33.5 Å². The zero-order chi connectivity index (χ0) is 23.6. The Morgan fingerprint density at radius 1 is 1.42 bits per heavy atom. The average Bonchev–Trinajstić information content (AvgIpc) is 3.32. The summed E-state index contributed by atoms with van der Waals surface area (Å²) in [6.07, 6.45) is 1.68. The number of ether oxygens (including phenoxy) is 1. The summed E-state index contributed by atoms with van der Waals surface area (Å²) in [5.74, 6) is 0. The van der Waals surface area contributed by atoms with Gasteiger partial charge in [0, 0.05) is 30.4 Å². The molecule has 3 atom stereocenters. The highest BCUT2D eigenvalue weighted by Gasteiger charge is 2.22. The maximum Gasteiger partial charge on any atom is 0.293 e. The van der Waals surface area contributed by atoms with Gasteiger partial charge in [-0.1, -0.05) is 22.5 Å². The largest absolute Gasteiger partial charge is 0.461 e. The molecule has 3 unspecified atom stereocenters. The fourth-order valence-electron chi connectivity index (χ4n) is 3.39. The van der Waals surface area contributed by atoms with Gasteiger partial charge in [0.25, 0.3) is 6.47 Å². The second-order valence-electron chi connectivity index (χ2n) is 7.42. The van der Waals surface area contributed by atoms with E-state index in [1.54, 1.807) is 18.3 Å². The van der Waals surface area contributed by atoms with Crippen LogP contribution >= 0.6 is 9.24 Å². The Labute approximate surface area is 195 Å². The van der Waals surface area contributed by atoms with Crippen LogP contribution in [0.25, 0.3) is 11.1 Å². The van der Waals surface area contributed by atoms with Crippen LogP contribution in [0.1, 0.15) is 19.0 Å². The lowest BCUT2D eigenvalue weighted by Gasteiger charge is -2.22. The molecule has 0 aliphatic carbocycles. The van der Waals surface area contributed by atoms with E-state index in [0.29, 0.717) is 32.5 Å². The molecule has 0 radical (unpaired) electrons. The molecule has 0 fully saturated rings. The Kier molecular flexibility index (Phi) is 9.09. The molecule has 0 spiro atoms. The van der Waals surface area contributed by atoms with Gasteiger partial charge in [0.1, 0.15) is 11.8 Å². The minimum absolute atomic E-state index is 0.0648. The Morgan fingerprint density at radius 2 is 2.27 bits per heavy atom. The van der Waals surface area contributed by atoms with Crippen LogP contribution in [0, 0.1) is 0 Å². The summed E-state index contributed by atoms with van der Waals surface area (Å²) < 4.78 is 5.20. The number of hydrogen-bond donors (Lipinski definition) is 2. The van der Waals surface area contributed by atoms with Crippen molar-refractivity contribution in [2.75, 3.05) is 38.6 Å². The van der Waals surface area contributed by atoms with Gasteiger partial charge in [0.15, 0.2) is 6.10 Å². The van der Waals surface area contributed by atoms with Crippen LogP contribution in [0.15, 0.2) is 52.0 Å². The molecule has 1 aromatic heterocycles. The molecule has 33 heavy (non-hydrogen) atoms. The first-order valence-corrected chi connectivity index (χ1v) is 11.2. The fourth-order valence-corrected chi connectivity index (χ4v) is 3.84. The van der Waals surface area contributed by atoms with Crippen LogP contribution in [-0.2, 0) is 14.4 Å². The number of carbonyl (C=O) groups is 1. The summed E-state index contributed by atoms with van der Waals surface area (Å²) >= 11 is 0. The number of aliphatic hydroxyl groups excluding tert-OH is 1. The van der Waals surface area contributed by atoms with Crippen molar-refractivity contribution in [2.45, 2.75) is 25.6 Å². The van der Waals surface area contributed by atoms with E-state index in [-0.39, 0.29) is 18.8 Å². The highest BCUT2D eigenvalue weighted by molar-refractivity contribution is 7.28. The summed E-state index contributed by atoms with van der Waals surface area (Å²) in [5, 5.41) is 27.0. The van der Waals surface area contributed by atoms with Crippen LogP contribution in [-0.4, -0.2) is 72.8 Å². The molecule has 2 aromatic rings. The molecule has 0 saturated carbocycles. The minimum Gasteiger partial charge on any atom is -0.461 e. The molecule has 1 aliphatic heterocycles. The lowest BCUT2D eigenvalue weighted by atomic mass is 10.0. The number of hydrogen-bond acceptors (Lipinski definition) is 9. The lowest BCUT2D eigenvalue weighted by Crippen LogP contribution is -2.35. The number of nitrogens with one attached hydrogen (secondary N) is 1. The number of benzene rings is 1. The van der Waals surface area contributed by atoms with E-state index in [4.69, 9.17) is 9.57 Å². The molecule has 176 valence electrons. The highest BCUT2D eigenvalue weighted by atomic mass is 31.0. The number of carbonyl (C=O) groups excluding carboxylic acids is 1. The second-order valence-corrected chi connectivity index (χ2v) is 8.04. The molecule has 1 aromatic carbocycles. The summed E-state index contributed by atoms with van der Waals surface area (Å²) in [5.41, 5.74) is 4.38. The zero-order valence-corrected chi connectivity index (χ0v) is 19.9. The number of pyridine rings is 1. The zero-order valence-electron chi connectivity index (χ0n) is 18.7. The Bertz CT molecular complexity index is 985. The van der Waals surface area contributed by atoms with E-state index >= 15 is 0 Å². The number of rotatable bonds is 12.